The molecule has 1 aliphatic rings. The molecular formula is C21H18NO6S-. The first-order chi connectivity index (χ1) is 13.9. The Morgan fingerprint density at radius 1 is 1.17 bits per heavy atom. The third-order valence-electron chi connectivity index (χ3n) is 4.18. The highest BCUT2D eigenvalue weighted by Crippen LogP contribution is 2.35. The number of aliphatic carboxylic acids is 1. The van der Waals surface area contributed by atoms with Crippen LogP contribution in [0.25, 0.3) is 6.08 Å². The van der Waals surface area contributed by atoms with Crippen molar-refractivity contribution in [1.82, 2.24) is 4.90 Å². The lowest BCUT2D eigenvalue weighted by Crippen LogP contribution is -2.37. The van der Waals surface area contributed by atoms with Gasteiger partial charge in [0.25, 0.3) is 11.1 Å². The van der Waals surface area contributed by atoms with E-state index in [9.17, 15) is 19.5 Å². The van der Waals surface area contributed by atoms with E-state index in [-0.39, 0.29) is 23.4 Å². The van der Waals surface area contributed by atoms with Gasteiger partial charge in [0.05, 0.1) is 24.5 Å². The van der Waals surface area contributed by atoms with E-state index in [2.05, 4.69) is 0 Å². The number of carbonyl (C=O) groups excluding carboxylic acids is 3. The quantitative estimate of drug-likeness (QED) is 0.645. The molecule has 0 spiro atoms. The molecule has 0 aliphatic carbocycles. The molecule has 0 bridgehead atoms. The molecule has 29 heavy (non-hydrogen) atoms. The summed E-state index contributed by atoms with van der Waals surface area (Å²) in [6.45, 7) is 1.56. The van der Waals surface area contributed by atoms with Crippen LogP contribution >= 0.6 is 11.8 Å². The van der Waals surface area contributed by atoms with Gasteiger partial charge in [0.1, 0.15) is 6.10 Å². The highest BCUT2D eigenvalue weighted by Gasteiger charge is 2.35. The fourth-order valence-electron chi connectivity index (χ4n) is 2.66. The summed E-state index contributed by atoms with van der Waals surface area (Å²) >= 11 is 0.869. The summed E-state index contributed by atoms with van der Waals surface area (Å²) in [4.78, 5) is 37.3. The van der Waals surface area contributed by atoms with Gasteiger partial charge in [-0.25, -0.2) is 0 Å². The maximum absolute atomic E-state index is 12.7. The smallest absolute Gasteiger partial charge is 0.293 e. The van der Waals surface area contributed by atoms with Gasteiger partial charge < -0.3 is 19.4 Å². The molecule has 1 fully saturated rings. The average Bonchev–Trinajstić information content (AvgIpc) is 2.97. The number of rotatable bonds is 7. The van der Waals surface area contributed by atoms with Gasteiger partial charge in [0, 0.05) is 0 Å². The van der Waals surface area contributed by atoms with Crippen LogP contribution in [-0.4, -0.2) is 35.2 Å². The number of imide groups is 1. The number of hydrogen-bond donors (Lipinski definition) is 0. The number of hydrogen-bond acceptors (Lipinski definition) is 7. The van der Waals surface area contributed by atoms with E-state index in [0.717, 1.165) is 17.3 Å². The van der Waals surface area contributed by atoms with E-state index in [1.807, 2.05) is 30.3 Å². The minimum atomic E-state index is -1.34. The summed E-state index contributed by atoms with van der Waals surface area (Å²) in [7, 11) is 1.42. The van der Waals surface area contributed by atoms with E-state index in [0.29, 0.717) is 16.2 Å². The fourth-order valence-corrected chi connectivity index (χ4v) is 3.50. The zero-order chi connectivity index (χ0) is 21.0. The zero-order valence-corrected chi connectivity index (χ0v) is 16.6. The monoisotopic (exact) mass is 412 g/mol. The SMILES string of the molecule is COc1cc(/C=C2\SC(=O)N(Cc3ccccc3)C2=O)ccc1O[C@@H](C)C(=O)[O-]. The number of thioether (sulfide) groups is 1. The molecule has 2 aromatic carbocycles. The van der Waals surface area contributed by atoms with Crippen molar-refractivity contribution in [3.63, 3.8) is 0 Å². The molecule has 150 valence electrons. The Morgan fingerprint density at radius 3 is 2.55 bits per heavy atom. The molecule has 1 saturated heterocycles. The number of amides is 2. The first-order valence-corrected chi connectivity index (χ1v) is 9.55. The van der Waals surface area contributed by atoms with Crippen molar-refractivity contribution in [2.45, 2.75) is 19.6 Å². The summed E-state index contributed by atoms with van der Waals surface area (Å²) in [5.74, 6) is -1.18. The topological polar surface area (TPSA) is 96.0 Å². The van der Waals surface area contributed by atoms with E-state index in [1.165, 1.54) is 25.0 Å². The molecule has 0 radical (unpaired) electrons. The van der Waals surface area contributed by atoms with Crippen LogP contribution in [0.15, 0.2) is 53.4 Å². The first-order valence-electron chi connectivity index (χ1n) is 8.74. The third-order valence-corrected chi connectivity index (χ3v) is 5.09. The minimum absolute atomic E-state index is 0.208. The van der Waals surface area contributed by atoms with E-state index in [1.54, 1.807) is 18.2 Å². The van der Waals surface area contributed by atoms with Crippen LogP contribution in [0.1, 0.15) is 18.1 Å². The van der Waals surface area contributed by atoms with Crippen molar-refractivity contribution < 1.29 is 29.0 Å². The van der Waals surface area contributed by atoms with Crippen LogP contribution in [0.2, 0.25) is 0 Å². The number of carboxylic acid groups (broad SMARTS) is 1. The molecule has 3 rings (SSSR count). The van der Waals surface area contributed by atoms with Crippen LogP contribution in [0.4, 0.5) is 4.79 Å². The highest BCUT2D eigenvalue weighted by molar-refractivity contribution is 8.18. The van der Waals surface area contributed by atoms with Crippen LogP contribution in [0, 0.1) is 0 Å². The van der Waals surface area contributed by atoms with Gasteiger partial charge in [-0.05, 0) is 48.0 Å². The molecule has 2 aromatic rings. The summed E-state index contributed by atoms with van der Waals surface area (Å²) in [5.41, 5.74) is 1.47. The van der Waals surface area contributed by atoms with Gasteiger partial charge in [-0.2, -0.15) is 0 Å². The Hall–Kier alpha value is -3.26. The Kier molecular flexibility index (Phi) is 6.23. The Bertz CT molecular complexity index is 972. The maximum Gasteiger partial charge on any atom is 0.293 e. The number of ether oxygens (including phenoxy) is 2. The van der Waals surface area contributed by atoms with Gasteiger partial charge in [0.2, 0.25) is 0 Å². The van der Waals surface area contributed by atoms with Crippen molar-refractivity contribution in [2.24, 2.45) is 0 Å². The molecule has 2 amide bonds. The average molecular weight is 412 g/mol. The molecule has 0 unspecified atom stereocenters. The summed E-state index contributed by atoms with van der Waals surface area (Å²) in [6.07, 6.45) is 0.439. The number of carboxylic acids is 1. The predicted octanol–water partition coefficient (Wildman–Crippen LogP) is 2.45. The summed E-state index contributed by atoms with van der Waals surface area (Å²) < 4.78 is 10.5. The van der Waals surface area contributed by atoms with Gasteiger partial charge in [-0.3, -0.25) is 14.5 Å². The second-order valence-electron chi connectivity index (χ2n) is 6.24. The first kappa shape index (κ1) is 20.5. The normalized spacial score (nSPS) is 16.2. The lowest BCUT2D eigenvalue weighted by Gasteiger charge is -2.17. The number of benzene rings is 2. The van der Waals surface area contributed by atoms with Crippen LogP contribution < -0.4 is 14.6 Å². The third kappa shape index (κ3) is 4.78. The van der Waals surface area contributed by atoms with Crippen molar-refractivity contribution in [3.05, 3.63) is 64.6 Å². The van der Waals surface area contributed by atoms with Crippen molar-refractivity contribution in [3.8, 4) is 11.5 Å². The highest BCUT2D eigenvalue weighted by atomic mass is 32.2. The predicted molar refractivity (Wildman–Crippen MR) is 106 cm³/mol. The molecule has 0 saturated carbocycles. The molecule has 8 heteroatoms. The van der Waals surface area contributed by atoms with Crippen molar-refractivity contribution >= 4 is 35.0 Å². The van der Waals surface area contributed by atoms with Crippen LogP contribution in [-0.2, 0) is 16.1 Å². The van der Waals surface area contributed by atoms with E-state index < -0.39 is 12.1 Å². The summed E-state index contributed by atoms with van der Waals surface area (Å²) in [6, 6.07) is 14.1. The molecular weight excluding hydrogens is 394 g/mol. The zero-order valence-electron chi connectivity index (χ0n) is 15.8. The Balaban J connectivity index is 1.80. The molecule has 1 heterocycles. The number of methoxy groups -OCH3 is 1. The number of carbonyl (C=O) groups is 3. The van der Waals surface area contributed by atoms with Crippen LogP contribution in [0.3, 0.4) is 0 Å². The fraction of sp³-hybridized carbons (Fsp3) is 0.190. The maximum atomic E-state index is 12.7. The van der Waals surface area contributed by atoms with Crippen molar-refractivity contribution in [1.29, 1.82) is 0 Å². The largest absolute Gasteiger partial charge is 0.546 e. The number of nitrogens with zero attached hydrogens (tertiary/aromatic N) is 1. The molecule has 1 aliphatic heterocycles. The molecule has 7 nitrogen and oxygen atoms in total. The molecule has 0 N–H and O–H groups in total. The van der Waals surface area contributed by atoms with Gasteiger partial charge in [0.15, 0.2) is 11.5 Å². The summed E-state index contributed by atoms with van der Waals surface area (Å²) in [5, 5.41) is 10.5. The molecule has 0 aromatic heterocycles. The van der Waals surface area contributed by atoms with E-state index in [4.69, 9.17) is 9.47 Å². The lowest BCUT2D eigenvalue weighted by molar-refractivity contribution is -0.312. The van der Waals surface area contributed by atoms with Crippen molar-refractivity contribution in [2.75, 3.05) is 7.11 Å². The van der Waals surface area contributed by atoms with Crippen LogP contribution in [0.5, 0.6) is 11.5 Å². The molecule has 1 atom stereocenters. The van der Waals surface area contributed by atoms with E-state index >= 15 is 0 Å². The lowest BCUT2D eigenvalue weighted by atomic mass is 10.1. The standard InChI is InChI=1S/C21H19NO6S/c1-13(20(24)25)28-16-9-8-15(10-17(16)27-2)11-18-19(23)22(21(26)29-18)12-14-6-4-3-5-7-14/h3-11,13H,12H2,1-2H3,(H,24,25)/p-1/b18-11-/t13-/m0/s1. The second kappa shape index (κ2) is 8.83. The minimum Gasteiger partial charge on any atom is -0.546 e. The Morgan fingerprint density at radius 2 is 1.90 bits per heavy atom. The van der Waals surface area contributed by atoms with Gasteiger partial charge >= 0.3 is 0 Å². The Labute approximate surface area is 171 Å². The van der Waals surface area contributed by atoms with Gasteiger partial charge in [-0.1, -0.05) is 36.4 Å². The second-order valence-corrected chi connectivity index (χ2v) is 7.24. The van der Waals surface area contributed by atoms with Gasteiger partial charge in [-0.15, -0.1) is 0 Å².